The van der Waals surface area contributed by atoms with Gasteiger partial charge in [-0.1, -0.05) is 6.92 Å². The van der Waals surface area contributed by atoms with Crippen molar-refractivity contribution >= 4 is 18.0 Å². The van der Waals surface area contributed by atoms with Crippen LogP contribution in [0.1, 0.15) is 32.6 Å². The molecular formula is C13H22N2O5. The Balaban J connectivity index is 2.64. The van der Waals surface area contributed by atoms with Gasteiger partial charge in [-0.2, -0.15) is 0 Å². The number of carbonyl (C=O) groups excluding carboxylic acids is 2. The van der Waals surface area contributed by atoms with Gasteiger partial charge in [0.25, 0.3) is 0 Å². The van der Waals surface area contributed by atoms with Crippen LogP contribution in [-0.4, -0.2) is 54.2 Å². The Morgan fingerprint density at radius 1 is 1.35 bits per heavy atom. The first-order valence-electron chi connectivity index (χ1n) is 6.80. The molecule has 2 atom stereocenters. The van der Waals surface area contributed by atoms with Crippen LogP contribution in [0.15, 0.2) is 0 Å². The van der Waals surface area contributed by atoms with Crippen molar-refractivity contribution in [3.63, 3.8) is 0 Å². The number of carbonyl (C=O) groups is 3. The number of hydrogen-bond donors (Lipinski definition) is 2. The first-order valence-corrected chi connectivity index (χ1v) is 6.80. The molecule has 0 aromatic carbocycles. The Labute approximate surface area is 118 Å². The van der Waals surface area contributed by atoms with Crippen molar-refractivity contribution < 1.29 is 24.2 Å². The van der Waals surface area contributed by atoms with E-state index in [4.69, 9.17) is 5.11 Å². The maximum absolute atomic E-state index is 11.8. The van der Waals surface area contributed by atoms with Crippen molar-refractivity contribution in [2.45, 2.75) is 38.6 Å². The second-order valence-electron chi connectivity index (χ2n) is 5.02. The average Bonchev–Trinajstić information content (AvgIpc) is 2.43. The van der Waals surface area contributed by atoms with Gasteiger partial charge in [-0.05, 0) is 18.8 Å². The lowest BCUT2D eigenvalue weighted by Crippen LogP contribution is -2.52. The molecule has 2 amide bonds. The van der Waals surface area contributed by atoms with Crippen molar-refractivity contribution in [1.82, 2.24) is 10.2 Å². The normalized spacial score (nSPS) is 22.2. The predicted octanol–water partition coefficient (Wildman–Crippen LogP) is 0.834. The largest absolute Gasteiger partial charge is 0.481 e. The highest BCUT2D eigenvalue weighted by Gasteiger charge is 2.30. The minimum Gasteiger partial charge on any atom is -0.481 e. The Morgan fingerprint density at radius 3 is 2.60 bits per heavy atom. The molecule has 0 aromatic heterocycles. The van der Waals surface area contributed by atoms with Crippen LogP contribution in [0.3, 0.4) is 0 Å². The summed E-state index contributed by atoms with van der Waals surface area (Å²) in [6.45, 7) is 2.79. The van der Waals surface area contributed by atoms with Gasteiger partial charge < -0.3 is 20.1 Å². The minimum atomic E-state index is -0.846. The third kappa shape index (κ3) is 5.07. The van der Waals surface area contributed by atoms with Crippen LogP contribution in [0.25, 0.3) is 0 Å². The number of nitrogens with zero attached hydrogens (tertiary/aromatic N) is 1. The van der Waals surface area contributed by atoms with Crippen LogP contribution in [0.5, 0.6) is 0 Å². The van der Waals surface area contributed by atoms with Crippen LogP contribution in [0, 0.1) is 5.92 Å². The molecule has 0 aromatic rings. The Kier molecular flexibility index (Phi) is 6.27. The lowest BCUT2D eigenvalue weighted by Gasteiger charge is -2.37. The highest BCUT2D eigenvalue weighted by molar-refractivity contribution is 5.76. The molecule has 1 rings (SSSR count). The van der Waals surface area contributed by atoms with Gasteiger partial charge >= 0.3 is 12.1 Å². The number of amides is 2. The number of carboxylic acids is 1. The van der Waals surface area contributed by atoms with Crippen LogP contribution < -0.4 is 5.32 Å². The van der Waals surface area contributed by atoms with Crippen molar-refractivity contribution in [3.05, 3.63) is 0 Å². The molecule has 20 heavy (non-hydrogen) atoms. The quantitative estimate of drug-likeness (QED) is 0.780. The lowest BCUT2D eigenvalue weighted by atomic mass is 9.90. The smallest absolute Gasteiger partial charge is 0.407 e. The number of methoxy groups -OCH3 is 1. The van der Waals surface area contributed by atoms with E-state index in [9.17, 15) is 14.4 Å². The molecule has 7 nitrogen and oxygen atoms in total. The van der Waals surface area contributed by atoms with Gasteiger partial charge in [-0.25, -0.2) is 4.79 Å². The second-order valence-corrected chi connectivity index (χ2v) is 5.02. The monoisotopic (exact) mass is 286 g/mol. The molecule has 0 aliphatic carbocycles. The molecule has 114 valence electrons. The van der Waals surface area contributed by atoms with E-state index in [1.54, 1.807) is 11.8 Å². The van der Waals surface area contributed by atoms with Crippen molar-refractivity contribution in [2.75, 3.05) is 20.2 Å². The fourth-order valence-electron chi connectivity index (χ4n) is 2.50. The van der Waals surface area contributed by atoms with Gasteiger partial charge in [0.1, 0.15) is 0 Å². The zero-order valence-corrected chi connectivity index (χ0v) is 11.9. The summed E-state index contributed by atoms with van der Waals surface area (Å²) in [7, 11) is 1.29. The number of carboxylic acid groups (broad SMARTS) is 1. The molecule has 7 heteroatoms. The van der Waals surface area contributed by atoms with E-state index in [1.165, 1.54) is 7.11 Å². The number of alkyl carbamates (subject to hydrolysis) is 1. The molecule has 0 radical (unpaired) electrons. The molecule has 0 bridgehead atoms. The van der Waals surface area contributed by atoms with Gasteiger partial charge in [0, 0.05) is 25.9 Å². The van der Waals surface area contributed by atoms with Crippen molar-refractivity contribution in [1.29, 1.82) is 0 Å². The molecule has 1 fully saturated rings. The summed E-state index contributed by atoms with van der Waals surface area (Å²) in [5, 5.41) is 11.4. The van der Waals surface area contributed by atoms with Crippen molar-refractivity contribution in [3.8, 4) is 0 Å². The molecule has 1 aliphatic rings. The number of hydrogen-bond acceptors (Lipinski definition) is 4. The van der Waals surface area contributed by atoms with Gasteiger partial charge in [0.2, 0.25) is 5.91 Å². The Bertz CT molecular complexity index is 372. The first kappa shape index (κ1) is 16.3. The number of rotatable bonds is 5. The maximum atomic E-state index is 11.8. The summed E-state index contributed by atoms with van der Waals surface area (Å²) in [4.78, 5) is 35.4. The predicted molar refractivity (Wildman–Crippen MR) is 71.2 cm³/mol. The maximum Gasteiger partial charge on any atom is 0.407 e. The number of nitrogens with one attached hydrogen (secondary N) is 1. The van der Waals surface area contributed by atoms with E-state index in [0.29, 0.717) is 32.4 Å². The summed E-state index contributed by atoms with van der Waals surface area (Å²) in [6, 6.07) is -0.189. The number of piperidine rings is 1. The van der Waals surface area contributed by atoms with Gasteiger partial charge in [0.15, 0.2) is 0 Å². The molecular weight excluding hydrogens is 264 g/mol. The zero-order chi connectivity index (χ0) is 15.1. The fourth-order valence-corrected chi connectivity index (χ4v) is 2.50. The van der Waals surface area contributed by atoms with Crippen LogP contribution in [-0.2, 0) is 14.3 Å². The van der Waals surface area contributed by atoms with Crippen molar-refractivity contribution in [2.24, 2.45) is 5.92 Å². The highest BCUT2D eigenvalue weighted by Crippen LogP contribution is 2.22. The average molecular weight is 286 g/mol. The summed E-state index contributed by atoms with van der Waals surface area (Å²) in [5.41, 5.74) is 0. The van der Waals surface area contributed by atoms with Crippen LogP contribution >= 0.6 is 0 Å². The molecule has 1 saturated heterocycles. The molecule has 0 spiro atoms. The van der Waals surface area contributed by atoms with Gasteiger partial charge in [-0.15, -0.1) is 0 Å². The number of aliphatic carboxylic acids is 1. The van der Waals surface area contributed by atoms with E-state index in [2.05, 4.69) is 10.1 Å². The highest BCUT2D eigenvalue weighted by atomic mass is 16.5. The van der Waals surface area contributed by atoms with Crippen LogP contribution in [0.2, 0.25) is 0 Å². The Morgan fingerprint density at radius 2 is 2.05 bits per heavy atom. The fraction of sp³-hybridized carbons (Fsp3) is 0.769. The van der Waals surface area contributed by atoms with Gasteiger partial charge in [0.05, 0.1) is 13.2 Å². The standard InChI is InChI=1S/C13H22N2O5/c1-3-11(16)15-7-9(4-5-12(17)18)6-10(8-15)14-13(19)20-2/h9-10H,3-8H2,1-2H3,(H,14,19)(H,17,18). The van der Waals surface area contributed by atoms with Gasteiger partial charge in [-0.3, -0.25) is 9.59 Å². The van der Waals surface area contributed by atoms with E-state index >= 15 is 0 Å². The molecule has 1 aliphatic heterocycles. The van der Waals surface area contributed by atoms with E-state index in [-0.39, 0.29) is 24.3 Å². The first-order chi connectivity index (χ1) is 9.46. The molecule has 1 heterocycles. The number of ether oxygens (including phenoxy) is 1. The summed E-state index contributed by atoms with van der Waals surface area (Å²) in [6.07, 6.45) is 1.11. The minimum absolute atomic E-state index is 0.0155. The van der Waals surface area contributed by atoms with E-state index in [0.717, 1.165) is 0 Å². The van der Waals surface area contributed by atoms with Crippen LogP contribution in [0.4, 0.5) is 4.79 Å². The topological polar surface area (TPSA) is 95.9 Å². The summed E-state index contributed by atoms with van der Waals surface area (Å²) in [5.74, 6) is -0.749. The zero-order valence-electron chi connectivity index (χ0n) is 11.9. The summed E-state index contributed by atoms with van der Waals surface area (Å²) < 4.78 is 4.56. The molecule has 2 unspecified atom stereocenters. The third-order valence-corrected chi connectivity index (χ3v) is 3.47. The van der Waals surface area contributed by atoms with E-state index in [1.807, 2.05) is 0 Å². The third-order valence-electron chi connectivity index (χ3n) is 3.47. The molecule has 2 N–H and O–H groups in total. The van der Waals surface area contributed by atoms with E-state index < -0.39 is 12.1 Å². The SMILES string of the molecule is CCC(=O)N1CC(CCC(=O)O)CC(NC(=O)OC)C1. The second kappa shape index (κ2) is 7.72. The lowest BCUT2D eigenvalue weighted by molar-refractivity contribution is -0.137. The number of likely N-dealkylation sites (tertiary alicyclic amines) is 1. The Hall–Kier alpha value is -1.79. The molecule has 0 saturated carbocycles. The summed E-state index contributed by atoms with van der Waals surface area (Å²) >= 11 is 0.